The van der Waals surface area contributed by atoms with Crippen LogP contribution in [0, 0.1) is 5.92 Å². The number of ether oxygens (including phenoxy) is 1. The lowest BCUT2D eigenvalue weighted by Crippen LogP contribution is -2.48. The van der Waals surface area contributed by atoms with Gasteiger partial charge in [0.1, 0.15) is 5.75 Å². The first-order chi connectivity index (χ1) is 9.95. The molecule has 5 nitrogen and oxygen atoms in total. The number of hydrogen-bond donors (Lipinski definition) is 2. The number of nitrogens with two attached hydrogens (primary N) is 1. The molecule has 0 aliphatic carbocycles. The maximum Gasteiger partial charge on any atom is 0.255 e. The molecule has 1 saturated heterocycles. The Morgan fingerprint density at radius 1 is 1.38 bits per heavy atom. The van der Waals surface area contributed by atoms with Crippen LogP contribution in [0.2, 0.25) is 0 Å². The van der Waals surface area contributed by atoms with E-state index < -0.39 is 5.91 Å². The van der Waals surface area contributed by atoms with Gasteiger partial charge in [-0.2, -0.15) is 0 Å². The molecule has 1 fully saturated rings. The molecule has 1 aliphatic rings. The van der Waals surface area contributed by atoms with Gasteiger partial charge in [-0.15, -0.1) is 0 Å². The van der Waals surface area contributed by atoms with Gasteiger partial charge in [-0.1, -0.05) is 6.92 Å². The second-order valence-electron chi connectivity index (χ2n) is 6.03. The number of benzene rings is 1. The van der Waals surface area contributed by atoms with Crippen molar-refractivity contribution < 1.29 is 9.53 Å². The maximum atomic E-state index is 10.7. The Morgan fingerprint density at radius 3 is 2.67 bits per heavy atom. The quantitative estimate of drug-likeness (QED) is 0.866. The number of nitrogens with zero attached hydrogens (tertiary/aromatic N) is 1. The number of nitrogens with one attached hydrogen (secondary N) is 1. The first-order valence-corrected chi connectivity index (χ1v) is 7.43. The van der Waals surface area contributed by atoms with Crippen LogP contribution in [0.1, 0.15) is 20.3 Å². The fourth-order valence-electron chi connectivity index (χ4n) is 2.76. The lowest BCUT2D eigenvalue weighted by Gasteiger charge is -2.40. The van der Waals surface area contributed by atoms with Crippen molar-refractivity contribution in [3.8, 4) is 5.75 Å². The fraction of sp³-hybridized carbons (Fsp3) is 0.562. The van der Waals surface area contributed by atoms with E-state index in [1.54, 1.807) is 0 Å². The standard InChI is InChI=1S/C16H25N3O2/c1-11-9-19(3)12(2)8-15(11)18-13-4-6-14(7-5-13)21-10-16(17)20/h4-7,11-12,15,18H,8-10H2,1-3H3,(H2,17,20). The SMILES string of the molecule is CC1CN(C)C(C)CC1Nc1ccc(OCC(N)=O)cc1. The lowest BCUT2D eigenvalue weighted by molar-refractivity contribution is -0.119. The summed E-state index contributed by atoms with van der Waals surface area (Å²) in [5.74, 6) is 0.799. The normalized spacial score (nSPS) is 26.3. The Balaban J connectivity index is 1.92. The monoisotopic (exact) mass is 291 g/mol. The molecule has 0 radical (unpaired) electrons. The molecular weight excluding hydrogens is 266 g/mol. The van der Waals surface area contributed by atoms with Gasteiger partial charge >= 0.3 is 0 Å². The summed E-state index contributed by atoms with van der Waals surface area (Å²) < 4.78 is 5.26. The second-order valence-corrected chi connectivity index (χ2v) is 6.03. The zero-order chi connectivity index (χ0) is 15.4. The number of hydrogen-bond acceptors (Lipinski definition) is 4. The Hall–Kier alpha value is -1.75. The molecule has 1 aromatic carbocycles. The first-order valence-electron chi connectivity index (χ1n) is 7.43. The number of piperidine rings is 1. The average Bonchev–Trinajstić information content (AvgIpc) is 2.44. The smallest absolute Gasteiger partial charge is 0.255 e. The van der Waals surface area contributed by atoms with Crippen LogP contribution in [0.4, 0.5) is 5.69 Å². The highest BCUT2D eigenvalue weighted by atomic mass is 16.5. The van der Waals surface area contributed by atoms with Gasteiger partial charge in [0.15, 0.2) is 6.61 Å². The number of amides is 1. The molecule has 0 aromatic heterocycles. The van der Waals surface area contributed by atoms with Gasteiger partial charge in [-0.25, -0.2) is 0 Å². The van der Waals surface area contributed by atoms with E-state index in [1.807, 2.05) is 24.3 Å². The van der Waals surface area contributed by atoms with Crippen LogP contribution in [-0.4, -0.2) is 43.1 Å². The van der Waals surface area contributed by atoms with Gasteiger partial charge in [-0.05, 0) is 50.6 Å². The third kappa shape index (κ3) is 4.36. The van der Waals surface area contributed by atoms with Gasteiger partial charge in [0, 0.05) is 24.3 Å². The predicted molar refractivity (Wildman–Crippen MR) is 84.4 cm³/mol. The average molecular weight is 291 g/mol. The Bertz CT molecular complexity index is 475. The first kappa shape index (κ1) is 15.6. The van der Waals surface area contributed by atoms with Crippen LogP contribution >= 0.6 is 0 Å². The van der Waals surface area contributed by atoms with E-state index in [0.29, 0.717) is 23.8 Å². The zero-order valence-corrected chi connectivity index (χ0v) is 13.0. The number of carbonyl (C=O) groups excluding carboxylic acids is 1. The minimum absolute atomic E-state index is 0.0870. The van der Waals surface area contributed by atoms with Crippen LogP contribution in [0.3, 0.4) is 0 Å². The molecule has 1 heterocycles. The molecule has 3 N–H and O–H groups in total. The van der Waals surface area contributed by atoms with Crippen molar-refractivity contribution in [2.75, 3.05) is 25.5 Å². The molecule has 1 aliphatic heterocycles. The molecule has 0 spiro atoms. The summed E-state index contributed by atoms with van der Waals surface area (Å²) in [5.41, 5.74) is 6.13. The molecule has 1 aromatic rings. The van der Waals surface area contributed by atoms with Crippen LogP contribution in [-0.2, 0) is 4.79 Å². The van der Waals surface area contributed by atoms with Gasteiger partial charge in [-0.3, -0.25) is 4.79 Å². The third-order valence-corrected chi connectivity index (χ3v) is 4.20. The van der Waals surface area contributed by atoms with Gasteiger partial charge in [0.2, 0.25) is 0 Å². The summed E-state index contributed by atoms with van der Waals surface area (Å²) in [5, 5.41) is 3.60. The van der Waals surface area contributed by atoms with Crippen LogP contribution in [0.15, 0.2) is 24.3 Å². The van der Waals surface area contributed by atoms with Crippen molar-refractivity contribution in [1.29, 1.82) is 0 Å². The number of carbonyl (C=O) groups is 1. The van der Waals surface area contributed by atoms with Crippen molar-refractivity contribution in [1.82, 2.24) is 4.90 Å². The van der Waals surface area contributed by atoms with Crippen molar-refractivity contribution in [2.24, 2.45) is 11.7 Å². The third-order valence-electron chi connectivity index (χ3n) is 4.20. The van der Waals surface area contributed by atoms with Crippen molar-refractivity contribution in [3.63, 3.8) is 0 Å². The fourth-order valence-corrected chi connectivity index (χ4v) is 2.76. The van der Waals surface area contributed by atoms with E-state index in [1.165, 1.54) is 0 Å². The molecule has 2 rings (SSSR count). The lowest BCUT2D eigenvalue weighted by atomic mass is 9.89. The topological polar surface area (TPSA) is 67.6 Å². The number of anilines is 1. The van der Waals surface area contributed by atoms with E-state index in [-0.39, 0.29) is 6.61 Å². The molecule has 1 amide bonds. The zero-order valence-electron chi connectivity index (χ0n) is 13.0. The largest absolute Gasteiger partial charge is 0.484 e. The molecule has 0 saturated carbocycles. The molecule has 3 unspecified atom stereocenters. The highest BCUT2D eigenvalue weighted by Gasteiger charge is 2.28. The summed E-state index contributed by atoms with van der Waals surface area (Å²) >= 11 is 0. The Morgan fingerprint density at radius 2 is 2.05 bits per heavy atom. The molecule has 116 valence electrons. The highest BCUT2D eigenvalue weighted by molar-refractivity contribution is 5.75. The molecule has 21 heavy (non-hydrogen) atoms. The Kier molecular flexibility index (Phi) is 5.07. The maximum absolute atomic E-state index is 10.7. The van der Waals surface area contributed by atoms with Crippen LogP contribution in [0.25, 0.3) is 0 Å². The minimum Gasteiger partial charge on any atom is -0.484 e. The van der Waals surface area contributed by atoms with E-state index in [4.69, 9.17) is 10.5 Å². The van der Waals surface area contributed by atoms with E-state index >= 15 is 0 Å². The van der Waals surface area contributed by atoms with Crippen molar-refractivity contribution in [2.45, 2.75) is 32.4 Å². The highest BCUT2D eigenvalue weighted by Crippen LogP contribution is 2.25. The van der Waals surface area contributed by atoms with Gasteiger partial charge < -0.3 is 20.7 Å². The van der Waals surface area contributed by atoms with E-state index in [2.05, 4.69) is 31.1 Å². The minimum atomic E-state index is -0.466. The summed E-state index contributed by atoms with van der Waals surface area (Å²) in [7, 11) is 2.18. The Labute approximate surface area is 126 Å². The van der Waals surface area contributed by atoms with E-state index in [0.717, 1.165) is 18.7 Å². The summed E-state index contributed by atoms with van der Waals surface area (Å²) in [6.45, 7) is 5.57. The summed E-state index contributed by atoms with van der Waals surface area (Å²) in [6.07, 6.45) is 1.14. The second kappa shape index (κ2) is 6.80. The van der Waals surface area contributed by atoms with Gasteiger partial charge in [0.05, 0.1) is 0 Å². The van der Waals surface area contributed by atoms with Crippen LogP contribution in [0.5, 0.6) is 5.75 Å². The predicted octanol–water partition coefficient (Wildman–Crippen LogP) is 1.69. The number of likely N-dealkylation sites (tertiary alicyclic amines) is 1. The molecule has 0 bridgehead atoms. The summed E-state index contributed by atoms with van der Waals surface area (Å²) in [6, 6.07) is 8.74. The van der Waals surface area contributed by atoms with Crippen molar-refractivity contribution in [3.05, 3.63) is 24.3 Å². The number of primary amides is 1. The molecule has 5 heteroatoms. The number of rotatable bonds is 5. The molecule has 3 atom stereocenters. The van der Waals surface area contributed by atoms with Crippen molar-refractivity contribution >= 4 is 11.6 Å². The van der Waals surface area contributed by atoms with E-state index in [9.17, 15) is 4.79 Å². The summed E-state index contributed by atoms with van der Waals surface area (Å²) in [4.78, 5) is 13.1. The molecular formula is C16H25N3O2. The van der Waals surface area contributed by atoms with Crippen LogP contribution < -0.4 is 15.8 Å². The van der Waals surface area contributed by atoms with Gasteiger partial charge in [0.25, 0.3) is 5.91 Å².